The monoisotopic (exact) mass is 354 g/mol. The Bertz CT molecular complexity index is 794. The second-order valence-electron chi connectivity index (χ2n) is 7.13. The molecular formula is C18H22N6O2. The predicted octanol–water partition coefficient (Wildman–Crippen LogP) is 1.78. The Balaban J connectivity index is 1.76. The standard InChI is InChI=1S/C18H22N6O2/c19-14-7-12-1-2-13-8-15(20)10-22-18(13)16(17(12)21-9-14)11-3-5-23(6-4-11)24(25)26/h7-11,16H,1-6,19-20H2. The zero-order valence-corrected chi connectivity index (χ0v) is 14.5. The van der Waals surface area contributed by atoms with Crippen molar-refractivity contribution in [2.45, 2.75) is 31.6 Å². The highest BCUT2D eigenvalue weighted by atomic mass is 16.7. The van der Waals surface area contributed by atoms with E-state index in [0.29, 0.717) is 24.5 Å². The average Bonchev–Trinajstić information content (AvgIpc) is 2.78. The first-order chi connectivity index (χ1) is 12.5. The van der Waals surface area contributed by atoms with Crippen molar-refractivity contribution in [1.82, 2.24) is 15.0 Å². The fourth-order valence-corrected chi connectivity index (χ4v) is 4.27. The topological polar surface area (TPSA) is 124 Å². The molecular weight excluding hydrogens is 332 g/mol. The van der Waals surface area contributed by atoms with Crippen molar-refractivity contribution in [3.63, 3.8) is 0 Å². The molecule has 26 heavy (non-hydrogen) atoms. The number of nitrogen functional groups attached to an aromatic ring is 2. The molecule has 0 bridgehead atoms. The van der Waals surface area contributed by atoms with Crippen LogP contribution in [0, 0.1) is 16.0 Å². The second kappa shape index (κ2) is 6.44. The molecule has 2 aliphatic rings. The van der Waals surface area contributed by atoms with Crippen LogP contribution >= 0.6 is 0 Å². The molecule has 1 aliphatic carbocycles. The first-order valence-electron chi connectivity index (χ1n) is 8.90. The van der Waals surface area contributed by atoms with Crippen LogP contribution in [-0.4, -0.2) is 33.1 Å². The first kappa shape index (κ1) is 16.6. The quantitative estimate of drug-likeness (QED) is 0.622. The molecule has 0 aromatic carbocycles. The first-order valence-corrected chi connectivity index (χ1v) is 8.90. The van der Waals surface area contributed by atoms with E-state index in [0.717, 1.165) is 48.2 Å². The van der Waals surface area contributed by atoms with Gasteiger partial charge in [-0.15, -0.1) is 5.01 Å². The van der Waals surface area contributed by atoms with Gasteiger partial charge in [-0.3, -0.25) is 9.97 Å². The molecule has 8 heteroatoms. The lowest BCUT2D eigenvalue weighted by molar-refractivity contribution is -0.658. The summed E-state index contributed by atoms with van der Waals surface area (Å²) in [6.45, 7) is 0.894. The Hall–Kier alpha value is -2.90. The van der Waals surface area contributed by atoms with Gasteiger partial charge in [-0.25, -0.2) is 10.1 Å². The van der Waals surface area contributed by atoms with Gasteiger partial charge in [-0.2, -0.15) is 0 Å². The lowest BCUT2D eigenvalue weighted by atomic mass is 9.78. The third-order valence-electron chi connectivity index (χ3n) is 5.52. The van der Waals surface area contributed by atoms with E-state index in [9.17, 15) is 10.1 Å². The van der Waals surface area contributed by atoms with Crippen molar-refractivity contribution in [2.24, 2.45) is 5.92 Å². The Morgan fingerprint density at radius 3 is 1.96 bits per heavy atom. The zero-order valence-electron chi connectivity index (χ0n) is 14.5. The summed E-state index contributed by atoms with van der Waals surface area (Å²) in [5.41, 5.74) is 17.5. The Morgan fingerprint density at radius 1 is 1.00 bits per heavy atom. The maximum absolute atomic E-state index is 11.0. The van der Waals surface area contributed by atoms with Gasteiger partial charge in [0.25, 0.3) is 0 Å². The van der Waals surface area contributed by atoms with Crippen molar-refractivity contribution in [2.75, 3.05) is 24.6 Å². The maximum Gasteiger partial charge on any atom is 0.160 e. The molecule has 136 valence electrons. The van der Waals surface area contributed by atoms with Crippen LogP contribution in [0.25, 0.3) is 0 Å². The number of piperidine rings is 1. The summed E-state index contributed by atoms with van der Waals surface area (Å²) < 4.78 is 0. The molecule has 1 fully saturated rings. The van der Waals surface area contributed by atoms with Crippen molar-refractivity contribution in [3.05, 3.63) is 57.2 Å². The number of anilines is 2. The van der Waals surface area contributed by atoms with E-state index in [1.165, 1.54) is 5.01 Å². The summed E-state index contributed by atoms with van der Waals surface area (Å²) in [6, 6.07) is 3.99. The fraction of sp³-hybridized carbons (Fsp3) is 0.444. The summed E-state index contributed by atoms with van der Waals surface area (Å²) >= 11 is 0. The van der Waals surface area contributed by atoms with Gasteiger partial charge in [0, 0.05) is 5.92 Å². The highest BCUT2D eigenvalue weighted by molar-refractivity contribution is 5.49. The molecule has 1 saturated heterocycles. The van der Waals surface area contributed by atoms with Gasteiger partial charge >= 0.3 is 0 Å². The van der Waals surface area contributed by atoms with Gasteiger partial charge < -0.3 is 11.5 Å². The second-order valence-corrected chi connectivity index (χ2v) is 7.13. The molecule has 1 aliphatic heterocycles. The average molecular weight is 354 g/mol. The van der Waals surface area contributed by atoms with E-state index < -0.39 is 0 Å². The minimum absolute atomic E-state index is 0.0256. The van der Waals surface area contributed by atoms with Crippen LogP contribution in [0.4, 0.5) is 11.4 Å². The summed E-state index contributed by atoms with van der Waals surface area (Å²) in [4.78, 5) is 20.4. The van der Waals surface area contributed by atoms with Gasteiger partial charge in [0.1, 0.15) is 0 Å². The van der Waals surface area contributed by atoms with Crippen molar-refractivity contribution in [3.8, 4) is 0 Å². The molecule has 8 nitrogen and oxygen atoms in total. The Kier molecular flexibility index (Phi) is 4.10. The molecule has 0 atom stereocenters. The Labute approximate surface area is 151 Å². The molecule has 2 aromatic heterocycles. The van der Waals surface area contributed by atoms with Crippen LogP contribution in [-0.2, 0) is 12.8 Å². The largest absolute Gasteiger partial charge is 0.397 e. The van der Waals surface area contributed by atoms with Crippen LogP contribution in [0.5, 0.6) is 0 Å². The number of pyridine rings is 2. The molecule has 4 N–H and O–H groups in total. The van der Waals surface area contributed by atoms with Crippen LogP contribution < -0.4 is 11.5 Å². The molecule has 0 saturated carbocycles. The molecule has 0 amide bonds. The summed E-state index contributed by atoms with van der Waals surface area (Å²) in [5.74, 6) is 0.284. The lowest BCUT2D eigenvalue weighted by Crippen LogP contribution is -2.39. The minimum atomic E-state index is -0.302. The predicted molar refractivity (Wildman–Crippen MR) is 97.8 cm³/mol. The van der Waals surface area contributed by atoms with Crippen LogP contribution in [0.1, 0.15) is 41.3 Å². The van der Waals surface area contributed by atoms with Crippen LogP contribution in [0.2, 0.25) is 0 Å². The third-order valence-corrected chi connectivity index (χ3v) is 5.52. The highest BCUT2D eigenvalue weighted by Crippen LogP contribution is 2.41. The van der Waals surface area contributed by atoms with E-state index in [4.69, 9.17) is 11.5 Å². The van der Waals surface area contributed by atoms with Crippen molar-refractivity contribution < 1.29 is 5.03 Å². The lowest BCUT2D eigenvalue weighted by Gasteiger charge is -2.32. The number of hydrogen-bond acceptors (Lipinski definition) is 6. The summed E-state index contributed by atoms with van der Waals surface area (Å²) in [7, 11) is 0. The zero-order chi connectivity index (χ0) is 18.3. The molecule has 0 radical (unpaired) electrons. The smallest absolute Gasteiger partial charge is 0.160 e. The van der Waals surface area contributed by atoms with Gasteiger partial charge in [-0.1, -0.05) is 0 Å². The molecule has 4 rings (SSSR count). The van der Waals surface area contributed by atoms with Crippen molar-refractivity contribution in [1.29, 1.82) is 0 Å². The van der Waals surface area contributed by atoms with E-state index in [1.54, 1.807) is 12.4 Å². The van der Waals surface area contributed by atoms with Gasteiger partial charge in [0.05, 0.1) is 48.2 Å². The van der Waals surface area contributed by atoms with Gasteiger partial charge in [-0.05, 0) is 54.9 Å². The molecule has 0 unspecified atom stereocenters. The van der Waals surface area contributed by atoms with E-state index in [2.05, 4.69) is 9.97 Å². The SMILES string of the molecule is Nc1cnc2c(c1)CCc1cc(N)cnc1C2C1CCN([N+](=O)[O-])CC1. The number of rotatable bonds is 2. The number of aryl methyl sites for hydroxylation is 2. The van der Waals surface area contributed by atoms with Gasteiger partial charge in [0.15, 0.2) is 5.03 Å². The number of nitrogens with two attached hydrogens (primary N) is 2. The Morgan fingerprint density at radius 2 is 1.50 bits per heavy atom. The highest BCUT2D eigenvalue weighted by Gasteiger charge is 2.36. The number of fused-ring (bicyclic) bond motifs is 2. The van der Waals surface area contributed by atoms with E-state index in [1.807, 2.05) is 12.1 Å². The number of nitro groups is 1. The minimum Gasteiger partial charge on any atom is -0.397 e. The fourth-order valence-electron chi connectivity index (χ4n) is 4.27. The summed E-state index contributed by atoms with van der Waals surface area (Å²) in [6.07, 6.45) is 6.55. The maximum atomic E-state index is 11.0. The van der Waals surface area contributed by atoms with E-state index in [-0.39, 0.29) is 16.9 Å². The third kappa shape index (κ3) is 2.91. The van der Waals surface area contributed by atoms with Crippen LogP contribution in [0.15, 0.2) is 24.5 Å². The van der Waals surface area contributed by atoms with Gasteiger partial charge in [0.2, 0.25) is 0 Å². The molecule has 3 heterocycles. The summed E-state index contributed by atoms with van der Waals surface area (Å²) in [5, 5.41) is 12.0. The molecule has 2 aromatic rings. The number of aromatic nitrogens is 2. The molecule has 0 spiro atoms. The van der Waals surface area contributed by atoms with E-state index >= 15 is 0 Å². The normalized spacial score (nSPS) is 18.1. The van der Waals surface area contributed by atoms with Crippen LogP contribution in [0.3, 0.4) is 0 Å². The van der Waals surface area contributed by atoms with Crippen molar-refractivity contribution >= 4 is 11.4 Å². The number of nitrogens with zero attached hydrogens (tertiary/aromatic N) is 4. The number of hydrazine groups is 1. The number of hydrogen-bond donors (Lipinski definition) is 2.